The lowest BCUT2D eigenvalue weighted by Crippen LogP contribution is -2.32. The minimum atomic E-state index is -0.814. The average molecular weight is 446 g/mol. The number of hydrogen-bond donors (Lipinski definition) is 2. The van der Waals surface area contributed by atoms with Crippen molar-refractivity contribution in [1.29, 1.82) is 0 Å². The van der Waals surface area contributed by atoms with E-state index in [0.717, 1.165) is 47.7 Å². The standard InChI is InChI=1S/C26H28FN5O/c1-18-15-19(6-8-22(18)27)25-21(5-4-10-28-25)20-7-9-24-30-16-23(32(24)17-20)26(33)29-11-14-31-12-2-3-13-31/h4-10,15-17,26,29,33H,2-3,11-14H2,1H3. The number of nitrogens with zero attached hydrogens (tertiary/aromatic N) is 4. The van der Waals surface area contributed by atoms with Gasteiger partial charge in [-0.1, -0.05) is 6.07 Å². The van der Waals surface area contributed by atoms with Crippen LogP contribution in [0.5, 0.6) is 0 Å². The second kappa shape index (κ2) is 9.39. The highest BCUT2D eigenvalue weighted by atomic mass is 19.1. The fourth-order valence-electron chi connectivity index (χ4n) is 4.49. The number of nitrogens with one attached hydrogen (secondary N) is 1. The Balaban J connectivity index is 1.43. The van der Waals surface area contributed by atoms with Gasteiger partial charge in [0.1, 0.15) is 17.7 Å². The first-order valence-electron chi connectivity index (χ1n) is 11.4. The zero-order valence-electron chi connectivity index (χ0n) is 18.7. The molecule has 33 heavy (non-hydrogen) atoms. The average Bonchev–Trinajstić information content (AvgIpc) is 3.50. The molecule has 0 bridgehead atoms. The zero-order chi connectivity index (χ0) is 22.8. The molecule has 0 saturated carbocycles. The molecule has 0 radical (unpaired) electrons. The number of pyridine rings is 2. The molecule has 6 nitrogen and oxygen atoms in total. The number of likely N-dealkylation sites (tertiary alicyclic amines) is 1. The van der Waals surface area contributed by atoms with Crippen LogP contribution in [0.15, 0.2) is 61.1 Å². The predicted octanol–water partition coefficient (Wildman–Crippen LogP) is 4.19. The summed E-state index contributed by atoms with van der Waals surface area (Å²) in [5, 5.41) is 14.0. The number of fused-ring (bicyclic) bond motifs is 1. The number of aryl methyl sites for hydroxylation is 1. The van der Waals surface area contributed by atoms with Crippen LogP contribution >= 0.6 is 0 Å². The van der Waals surface area contributed by atoms with E-state index in [0.29, 0.717) is 17.8 Å². The Kier molecular flexibility index (Phi) is 6.17. The number of hydrogen-bond acceptors (Lipinski definition) is 5. The van der Waals surface area contributed by atoms with Gasteiger partial charge in [0.15, 0.2) is 0 Å². The number of aromatic nitrogens is 3. The molecule has 170 valence electrons. The predicted molar refractivity (Wildman–Crippen MR) is 127 cm³/mol. The first-order chi connectivity index (χ1) is 16.1. The molecule has 1 saturated heterocycles. The number of aliphatic hydroxyl groups is 1. The molecule has 1 aliphatic rings. The maximum atomic E-state index is 13.8. The normalized spacial score (nSPS) is 15.4. The number of rotatable bonds is 7. The summed E-state index contributed by atoms with van der Waals surface area (Å²) >= 11 is 0. The smallest absolute Gasteiger partial charge is 0.148 e. The van der Waals surface area contributed by atoms with Crippen molar-refractivity contribution >= 4 is 5.65 Å². The molecule has 0 spiro atoms. The van der Waals surface area contributed by atoms with Gasteiger partial charge in [-0.15, -0.1) is 0 Å². The van der Waals surface area contributed by atoms with Crippen molar-refractivity contribution in [1.82, 2.24) is 24.6 Å². The molecule has 5 rings (SSSR count). The number of benzene rings is 1. The van der Waals surface area contributed by atoms with Crippen LogP contribution in [0.1, 0.15) is 30.3 Å². The molecule has 1 fully saturated rings. The van der Waals surface area contributed by atoms with Gasteiger partial charge in [-0.25, -0.2) is 9.37 Å². The van der Waals surface area contributed by atoms with Crippen LogP contribution in [-0.4, -0.2) is 50.6 Å². The van der Waals surface area contributed by atoms with Gasteiger partial charge in [0.05, 0.1) is 17.6 Å². The van der Waals surface area contributed by atoms with Crippen molar-refractivity contribution in [3.8, 4) is 22.4 Å². The Labute approximate surface area is 192 Å². The van der Waals surface area contributed by atoms with E-state index in [1.54, 1.807) is 25.4 Å². The van der Waals surface area contributed by atoms with Crippen molar-refractivity contribution in [3.05, 3.63) is 78.1 Å². The number of imidazole rings is 1. The van der Waals surface area contributed by atoms with Crippen molar-refractivity contribution in [2.75, 3.05) is 26.2 Å². The van der Waals surface area contributed by atoms with Crippen LogP contribution in [0, 0.1) is 12.7 Å². The van der Waals surface area contributed by atoms with E-state index < -0.39 is 6.23 Å². The molecular weight excluding hydrogens is 417 g/mol. The van der Waals surface area contributed by atoms with E-state index in [-0.39, 0.29) is 5.82 Å². The van der Waals surface area contributed by atoms with Gasteiger partial charge in [-0.2, -0.15) is 0 Å². The third-order valence-electron chi connectivity index (χ3n) is 6.33. The van der Waals surface area contributed by atoms with Crippen molar-refractivity contribution < 1.29 is 9.50 Å². The summed E-state index contributed by atoms with van der Waals surface area (Å²) in [5.41, 5.74) is 5.55. The zero-order valence-corrected chi connectivity index (χ0v) is 18.7. The van der Waals surface area contributed by atoms with Gasteiger partial charge in [-0.05, 0) is 74.8 Å². The van der Waals surface area contributed by atoms with Crippen LogP contribution < -0.4 is 5.32 Å². The topological polar surface area (TPSA) is 65.7 Å². The minimum Gasteiger partial charge on any atom is -0.373 e. The summed E-state index contributed by atoms with van der Waals surface area (Å²) < 4.78 is 15.7. The lowest BCUT2D eigenvalue weighted by atomic mass is 9.99. The highest BCUT2D eigenvalue weighted by Crippen LogP contribution is 2.31. The van der Waals surface area contributed by atoms with Crippen LogP contribution in [0.3, 0.4) is 0 Å². The van der Waals surface area contributed by atoms with E-state index in [1.807, 2.05) is 40.9 Å². The molecule has 4 aromatic rings. The largest absolute Gasteiger partial charge is 0.373 e. The SMILES string of the molecule is Cc1cc(-c2ncccc2-c2ccc3ncc(C(O)NCCN4CCCC4)n3c2)ccc1F. The monoisotopic (exact) mass is 445 g/mol. The van der Waals surface area contributed by atoms with Gasteiger partial charge in [0.25, 0.3) is 0 Å². The van der Waals surface area contributed by atoms with E-state index >= 15 is 0 Å². The van der Waals surface area contributed by atoms with Gasteiger partial charge >= 0.3 is 0 Å². The highest BCUT2D eigenvalue weighted by molar-refractivity contribution is 5.81. The number of aliphatic hydroxyl groups excluding tert-OH is 1. The second-order valence-electron chi connectivity index (χ2n) is 8.60. The van der Waals surface area contributed by atoms with Gasteiger partial charge < -0.3 is 10.0 Å². The van der Waals surface area contributed by atoms with Crippen LogP contribution in [-0.2, 0) is 0 Å². The molecule has 1 aliphatic heterocycles. The van der Waals surface area contributed by atoms with E-state index in [2.05, 4.69) is 20.2 Å². The molecule has 7 heteroatoms. The lowest BCUT2D eigenvalue weighted by Gasteiger charge is -2.18. The molecule has 0 amide bonds. The summed E-state index contributed by atoms with van der Waals surface area (Å²) in [7, 11) is 0. The highest BCUT2D eigenvalue weighted by Gasteiger charge is 2.16. The Morgan fingerprint density at radius 3 is 2.73 bits per heavy atom. The van der Waals surface area contributed by atoms with Gasteiger partial charge in [0, 0.05) is 42.2 Å². The maximum absolute atomic E-state index is 13.8. The third kappa shape index (κ3) is 4.53. The Bertz CT molecular complexity index is 1260. The third-order valence-corrected chi connectivity index (χ3v) is 6.33. The summed E-state index contributed by atoms with van der Waals surface area (Å²) in [6.45, 7) is 5.67. The lowest BCUT2D eigenvalue weighted by molar-refractivity contribution is 0.129. The van der Waals surface area contributed by atoms with Crippen LogP contribution in [0.2, 0.25) is 0 Å². The van der Waals surface area contributed by atoms with Crippen LogP contribution in [0.4, 0.5) is 4.39 Å². The maximum Gasteiger partial charge on any atom is 0.148 e. The fraction of sp³-hybridized carbons (Fsp3) is 0.308. The molecular formula is C26H28FN5O. The fourth-order valence-corrected chi connectivity index (χ4v) is 4.49. The van der Waals surface area contributed by atoms with Crippen molar-refractivity contribution in [3.63, 3.8) is 0 Å². The summed E-state index contributed by atoms with van der Waals surface area (Å²) in [4.78, 5) is 11.5. The second-order valence-corrected chi connectivity index (χ2v) is 8.60. The first kappa shape index (κ1) is 21.7. The Morgan fingerprint density at radius 1 is 1.09 bits per heavy atom. The van der Waals surface area contributed by atoms with E-state index in [1.165, 1.54) is 18.9 Å². The molecule has 3 aromatic heterocycles. The molecule has 1 aromatic carbocycles. The minimum absolute atomic E-state index is 0.230. The molecule has 2 N–H and O–H groups in total. The quantitative estimate of drug-likeness (QED) is 0.418. The van der Waals surface area contributed by atoms with E-state index in [4.69, 9.17) is 0 Å². The van der Waals surface area contributed by atoms with Gasteiger partial charge in [-0.3, -0.25) is 14.7 Å². The summed E-state index contributed by atoms with van der Waals surface area (Å²) in [6.07, 6.45) is 7.12. The Hall–Kier alpha value is -3.13. The molecule has 1 unspecified atom stereocenters. The first-order valence-corrected chi connectivity index (χ1v) is 11.4. The summed E-state index contributed by atoms with van der Waals surface area (Å²) in [6, 6.07) is 12.9. The van der Waals surface area contributed by atoms with Gasteiger partial charge in [0.2, 0.25) is 0 Å². The van der Waals surface area contributed by atoms with Crippen LogP contribution in [0.25, 0.3) is 28.0 Å². The molecule has 0 aliphatic carbocycles. The molecule has 1 atom stereocenters. The van der Waals surface area contributed by atoms with Crippen molar-refractivity contribution in [2.24, 2.45) is 0 Å². The summed E-state index contributed by atoms with van der Waals surface area (Å²) in [5.74, 6) is -0.230. The van der Waals surface area contributed by atoms with E-state index in [9.17, 15) is 9.50 Å². The van der Waals surface area contributed by atoms with Crippen molar-refractivity contribution in [2.45, 2.75) is 26.0 Å². The number of halogens is 1. The molecule has 4 heterocycles. The Morgan fingerprint density at radius 2 is 1.91 bits per heavy atom.